The Balaban J connectivity index is 1.80. The van der Waals surface area contributed by atoms with Crippen molar-refractivity contribution in [3.05, 3.63) is 77.6 Å². The first-order valence-corrected chi connectivity index (χ1v) is 9.37. The SMILES string of the molecule is CCOC(=O)c1ccccc1Nc1nccc(C(=O)Nc2ccccc2CC)n1. The number of nitrogens with one attached hydrogen (secondary N) is 2. The minimum absolute atomic E-state index is 0.207. The summed E-state index contributed by atoms with van der Waals surface area (Å²) in [5.74, 6) is -0.575. The summed E-state index contributed by atoms with van der Waals surface area (Å²) >= 11 is 0. The molecular formula is C22H22N4O3. The smallest absolute Gasteiger partial charge is 0.340 e. The molecule has 7 heteroatoms. The average Bonchev–Trinajstić information content (AvgIpc) is 2.75. The molecule has 0 unspecified atom stereocenters. The molecule has 2 N–H and O–H groups in total. The van der Waals surface area contributed by atoms with Crippen LogP contribution in [0.2, 0.25) is 0 Å². The van der Waals surface area contributed by atoms with E-state index >= 15 is 0 Å². The highest BCUT2D eigenvalue weighted by Gasteiger charge is 2.15. The van der Waals surface area contributed by atoms with Gasteiger partial charge < -0.3 is 15.4 Å². The second kappa shape index (κ2) is 9.45. The van der Waals surface area contributed by atoms with Gasteiger partial charge in [0.25, 0.3) is 5.91 Å². The van der Waals surface area contributed by atoms with Gasteiger partial charge in [-0.1, -0.05) is 37.3 Å². The van der Waals surface area contributed by atoms with E-state index in [0.717, 1.165) is 17.7 Å². The van der Waals surface area contributed by atoms with E-state index in [4.69, 9.17) is 4.74 Å². The molecule has 0 fully saturated rings. The highest BCUT2D eigenvalue weighted by atomic mass is 16.5. The van der Waals surface area contributed by atoms with Gasteiger partial charge in [0.1, 0.15) is 5.69 Å². The van der Waals surface area contributed by atoms with E-state index in [9.17, 15) is 9.59 Å². The largest absolute Gasteiger partial charge is 0.462 e. The van der Waals surface area contributed by atoms with Crippen LogP contribution in [0.3, 0.4) is 0 Å². The molecule has 1 amide bonds. The third-order valence-corrected chi connectivity index (χ3v) is 4.20. The van der Waals surface area contributed by atoms with Crippen LogP contribution in [0.1, 0.15) is 40.3 Å². The molecule has 148 valence electrons. The molecule has 0 aliphatic carbocycles. The van der Waals surface area contributed by atoms with Gasteiger partial charge in [-0.3, -0.25) is 4.79 Å². The van der Waals surface area contributed by atoms with Gasteiger partial charge in [0.05, 0.1) is 17.9 Å². The Bertz CT molecular complexity index is 1020. The molecule has 1 aromatic heterocycles. The fraction of sp³-hybridized carbons (Fsp3) is 0.182. The maximum absolute atomic E-state index is 12.6. The van der Waals surface area contributed by atoms with Crippen molar-refractivity contribution >= 4 is 29.2 Å². The second-order valence-electron chi connectivity index (χ2n) is 6.12. The summed E-state index contributed by atoms with van der Waals surface area (Å²) in [5, 5.41) is 5.87. The van der Waals surface area contributed by atoms with Crippen LogP contribution >= 0.6 is 0 Å². The molecule has 1 heterocycles. The number of hydrogen-bond donors (Lipinski definition) is 2. The zero-order chi connectivity index (χ0) is 20.6. The van der Waals surface area contributed by atoms with Crippen molar-refractivity contribution in [2.24, 2.45) is 0 Å². The van der Waals surface area contributed by atoms with Crippen LogP contribution in [-0.4, -0.2) is 28.5 Å². The molecular weight excluding hydrogens is 368 g/mol. The molecule has 3 aromatic rings. The lowest BCUT2D eigenvalue weighted by Crippen LogP contribution is -2.16. The molecule has 2 aromatic carbocycles. The summed E-state index contributed by atoms with van der Waals surface area (Å²) in [4.78, 5) is 33.2. The second-order valence-corrected chi connectivity index (χ2v) is 6.12. The third-order valence-electron chi connectivity index (χ3n) is 4.20. The van der Waals surface area contributed by atoms with Crippen LogP contribution in [0.5, 0.6) is 0 Å². The van der Waals surface area contributed by atoms with Crippen molar-refractivity contribution in [3.8, 4) is 0 Å². The number of amides is 1. The van der Waals surface area contributed by atoms with Crippen LogP contribution in [-0.2, 0) is 11.2 Å². The lowest BCUT2D eigenvalue weighted by atomic mass is 10.1. The Labute approximate surface area is 169 Å². The lowest BCUT2D eigenvalue weighted by molar-refractivity contribution is 0.0527. The Morgan fingerprint density at radius 1 is 0.966 bits per heavy atom. The lowest BCUT2D eigenvalue weighted by Gasteiger charge is -2.11. The number of carbonyl (C=O) groups is 2. The number of anilines is 3. The maximum atomic E-state index is 12.6. The molecule has 0 saturated heterocycles. The van der Waals surface area contributed by atoms with E-state index in [1.807, 2.05) is 31.2 Å². The van der Waals surface area contributed by atoms with Crippen LogP contribution in [0.25, 0.3) is 0 Å². The number of ether oxygens (including phenoxy) is 1. The Morgan fingerprint density at radius 2 is 1.69 bits per heavy atom. The number of esters is 1. The van der Waals surface area contributed by atoms with Crippen LogP contribution in [0.4, 0.5) is 17.3 Å². The van der Waals surface area contributed by atoms with Gasteiger partial charge in [0.15, 0.2) is 0 Å². The van der Waals surface area contributed by atoms with Crippen LogP contribution < -0.4 is 10.6 Å². The summed E-state index contributed by atoms with van der Waals surface area (Å²) in [6.45, 7) is 4.05. The van der Waals surface area contributed by atoms with Gasteiger partial charge in [-0.25, -0.2) is 14.8 Å². The van der Waals surface area contributed by atoms with E-state index in [-0.39, 0.29) is 24.2 Å². The molecule has 3 rings (SSSR count). The highest BCUT2D eigenvalue weighted by Crippen LogP contribution is 2.20. The molecule has 0 aliphatic rings. The van der Waals surface area contributed by atoms with Crippen LogP contribution in [0.15, 0.2) is 60.8 Å². The quantitative estimate of drug-likeness (QED) is 0.587. The predicted octanol–water partition coefficient (Wildman–Crippen LogP) is 4.21. The molecule has 0 spiro atoms. The third kappa shape index (κ3) is 4.95. The first-order chi connectivity index (χ1) is 14.1. The highest BCUT2D eigenvalue weighted by molar-refractivity contribution is 6.03. The Morgan fingerprint density at radius 3 is 2.45 bits per heavy atom. The van der Waals surface area contributed by atoms with Crippen molar-refractivity contribution in [2.75, 3.05) is 17.2 Å². The van der Waals surface area contributed by atoms with E-state index in [2.05, 4.69) is 20.6 Å². The van der Waals surface area contributed by atoms with Gasteiger partial charge in [0.2, 0.25) is 5.95 Å². The van der Waals surface area contributed by atoms with Crippen LogP contribution in [0, 0.1) is 0 Å². The Hall–Kier alpha value is -3.74. The fourth-order valence-electron chi connectivity index (χ4n) is 2.78. The number of benzene rings is 2. The minimum Gasteiger partial charge on any atom is -0.462 e. The number of aryl methyl sites for hydroxylation is 1. The Kier molecular flexibility index (Phi) is 6.52. The first-order valence-electron chi connectivity index (χ1n) is 9.37. The summed E-state index contributed by atoms with van der Waals surface area (Å²) in [6, 6.07) is 16.1. The molecule has 0 atom stereocenters. The summed E-state index contributed by atoms with van der Waals surface area (Å²) < 4.78 is 5.07. The average molecular weight is 390 g/mol. The maximum Gasteiger partial charge on any atom is 0.340 e. The number of para-hydroxylation sites is 2. The standard InChI is InChI=1S/C22H22N4O3/c1-3-15-9-5-7-11-17(15)24-20(27)19-13-14-23-22(26-19)25-18-12-8-6-10-16(18)21(28)29-4-2/h5-14H,3-4H2,1-2H3,(H,24,27)(H,23,25,26). The van der Waals surface area contributed by atoms with Gasteiger partial charge in [-0.2, -0.15) is 0 Å². The molecule has 0 saturated carbocycles. The monoisotopic (exact) mass is 390 g/mol. The summed E-state index contributed by atoms with van der Waals surface area (Å²) in [5.41, 5.74) is 2.86. The van der Waals surface area contributed by atoms with Gasteiger partial charge >= 0.3 is 5.97 Å². The van der Waals surface area contributed by atoms with Crippen molar-refractivity contribution in [1.29, 1.82) is 0 Å². The van der Waals surface area contributed by atoms with Crippen molar-refractivity contribution < 1.29 is 14.3 Å². The number of rotatable bonds is 7. The van der Waals surface area contributed by atoms with E-state index in [1.54, 1.807) is 31.2 Å². The minimum atomic E-state index is -0.444. The molecule has 0 bridgehead atoms. The molecule has 29 heavy (non-hydrogen) atoms. The number of carbonyl (C=O) groups excluding carboxylic acids is 2. The van der Waals surface area contributed by atoms with Gasteiger partial charge in [-0.05, 0) is 43.2 Å². The normalized spacial score (nSPS) is 10.3. The summed E-state index contributed by atoms with van der Waals surface area (Å²) in [6.07, 6.45) is 2.29. The number of hydrogen-bond acceptors (Lipinski definition) is 6. The first kappa shape index (κ1) is 20.0. The fourth-order valence-corrected chi connectivity index (χ4v) is 2.78. The molecule has 0 radical (unpaired) electrons. The van der Waals surface area contributed by atoms with E-state index < -0.39 is 5.97 Å². The zero-order valence-corrected chi connectivity index (χ0v) is 16.3. The topological polar surface area (TPSA) is 93.2 Å². The van der Waals surface area contributed by atoms with Gasteiger partial charge in [0, 0.05) is 11.9 Å². The van der Waals surface area contributed by atoms with E-state index in [0.29, 0.717) is 11.3 Å². The molecule has 0 aliphatic heterocycles. The van der Waals surface area contributed by atoms with Crippen molar-refractivity contribution in [2.45, 2.75) is 20.3 Å². The number of aromatic nitrogens is 2. The summed E-state index contributed by atoms with van der Waals surface area (Å²) in [7, 11) is 0. The zero-order valence-electron chi connectivity index (χ0n) is 16.3. The number of nitrogens with zero attached hydrogens (tertiary/aromatic N) is 2. The predicted molar refractivity (Wildman–Crippen MR) is 111 cm³/mol. The van der Waals surface area contributed by atoms with Crippen molar-refractivity contribution in [1.82, 2.24) is 9.97 Å². The molecule has 7 nitrogen and oxygen atoms in total. The van der Waals surface area contributed by atoms with Gasteiger partial charge in [-0.15, -0.1) is 0 Å². The van der Waals surface area contributed by atoms with E-state index in [1.165, 1.54) is 12.3 Å². The van der Waals surface area contributed by atoms with Crippen molar-refractivity contribution in [3.63, 3.8) is 0 Å².